The van der Waals surface area contributed by atoms with E-state index >= 15 is 0 Å². The Balaban J connectivity index is 0.000000273. The molecule has 0 bridgehead atoms. The van der Waals surface area contributed by atoms with Gasteiger partial charge in [-0.1, -0.05) is 53.2 Å². The molecule has 0 spiro atoms. The van der Waals surface area contributed by atoms with Gasteiger partial charge in [0.15, 0.2) is 0 Å². The van der Waals surface area contributed by atoms with Crippen LogP contribution in [0.3, 0.4) is 0 Å². The molecule has 7 nitrogen and oxygen atoms in total. The molecule has 2 aromatic heterocycles. The Hall–Kier alpha value is -3.71. The summed E-state index contributed by atoms with van der Waals surface area (Å²) in [5, 5.41) is 29.8. The molecule has 0 aliphatic heterocycles. The van der Waals surface area contributed by atoms with Gasteiger partial charge in [0.2, 0.25) is 0 Å². The fourth-order valence-corrected chi connectivity index (χ4v) is 9.20. The Morgan fingerprint density at radius 3 is 1.60 bits per heavy atom. The number of fused-ring (bicyclic) bond motifs is 4. The van der Waals surface area contributed by atoms with Crippen LogP contribution in [0.25, 0.3) is 23.5 Å². The number of aliphatic carboxylic acids is 1. The van der Waals surface area contributed by atoms with Crippen molar-refractivity contribution in [1.29, 1.82) is 0 Å². The number of aromatic nitrogens is 4. The molecule has 4 aliphatic carbocycles. The van der Waals surface area contributed by atoms with E-state index < -0.39 is 5.97 Å². The average Bonchev–Trinajstić information content (AvgIpc) is 3.71. The molecule has 2 N–H and O–H groups in total. The summed E-state index contributed by atoms with van der Waals surface area (Å²) in [6.45, 7) is 17.0. The summed E-state index contributed by atoms with van der Waals surface area (Å²) in [5.41, 5.74) is 8.13. The maximum atomic E-state index is 13.3. The molecule has 0 saturated heterocycles. The fourth-order valence-electron chi connectivity index (χ4n) is 9.20. The van der Waals surface area contributed by atoms with Gasteiger partial charge in [-0.3, -0.25) is 4.79 Å². The van der Waals surface area contributed by atoms with Crippen LogP contribution in [0.4, 0.5) is 8.78 Å². The minimum atomic E-state index is -0.711. The van der Waals surface area contributed by atoms with Crippen molar-refractivity contribution < 1.29 is 42.6 Å². The number of carboxylic acids is 1. The zero-order chi connectivity index (χ0) is 39.9. The van der Waals surface area contributed by atoms with Crippen molar-refractivity contribution >= 4 is 26.5 Å². The molecular weight excluding hydrogens is 724 g/mol. The zero-order valence-electron chi connectivity index (χ0n) is 35.2. The summed E-state index contributed by atoms with van der Waals surface area (Å²) >= 11 is 0. The summed E-state index contributed by atoms with van der Waals surface area (Å²) in [5.74, 6) is 0.0939. The minimum absolute atomic E-state index is 0. The standard InChI is InChI=1S/C23H29FN2O.C19H19FN2O2.C4H9.CH4.B.Li/c1-22(2,3)21(27)19-7-5-6-16-12-20-15(13-23(16,19)4)14-25-26(20)18-10-8-17(24)9-11-18;1-19-10-12-11-21-22(15-7-5-14(20)6-8-15)17(12)9-13(19)3-2-4-16(19)18(23)24;1-4(2)3;;;/h8-12,14,19,21,27H,5-7,13H2,1-4H3;5-9,11,16H,2-4,10H2,1H3,(H,23,24);1-3H3;1H4;;/q;;-1;;;+1/t19-,21-,23+;16-,19+;;;;/m11..../s1. The van der Waals surface area contributed by atoms with Crippen LogP contribution in [0.5, 0.6) is 0 Å². The Morgan fingerprint density at radius 1 is 0.793 bits per heavy atom. The number of aliphatic hydroxyl groups excluding tert-OH is 1. The fraction of sp³-hybridized carbons (Fsp3) is 0.489. The Bertz CT molecular complexity index is 2070. The van der Waals surface area contributed by atoms with Crippen LogP contribution in [0.15, 0.2) is 72.1 Å². The molecule has 4 aliphatic rings. The first-order valence-corrected chi connectivity index (χ1v) is 19.7. The van der Waals surface area contributed by atoms with Crippen molar-refractivity contribution in [3.8, 4) is 11.4 Å². The van der Waals surface area contributed by atoms with E-state index in [1.54, 1.807) is 24.3 Å². The van der Waals surface area contributed by atoms with Crippen LogP contribution < -0.4 is 18.9 Å². The van der Waals surface area contributed by atoms with E-state index in [2.05, 4.69) is 77.7 Å². The molecule has 8 rings (SSSR count). The van der Waals surface area contributed by atoms with Crippen molar-refractivity contribution in [3.05, 3.63) is 112 Å². The van der Waals surface area contributed by atoms with Crippen molar-refractivity contribution in [2.24, 2.45) is 28.1 Å². The molecule has 0 unspecified atom stereocenters. The monoisotopic (exact) mass is 785 g/mol. The summed E-state index contributed by atoms with van der Waals surface area (Å²) in [4.78, 5) is 11.7. The van der Waals surface area contributed by atoms with Crippen molar-refractivity contribution in [2.45, 2.75) is 120 Å². The van der Waals surface area contributed by atoms with E-state index in [0.29, 0.717) is 6.42 Å². The zero-order valence-corrected chi connectivity index (χ0v) is 35.2. The molecule has 2 fully saturated rings. The SMILES string of the molecule is C.CC(C)(C)[C@H](O)[C@H]1CCCC2=Cc3c(cnn3-c3ccc(F)cc3)C[C@@]21C.C[C-](C)C.C[C@]12Cc3cnn(-c4ccc(F)cc4)c3C=C1CCC[C@@H]2C(=O)O.[B].[Li+]. The van der Waals surface area contributed by atoms with E-state index in [1.165, 1.54) is 46.9 Å². The van der Waals surface area contributed by atoms with E-state index in [0.717, 1.165) is 73.3 Å². The first-order valence-electron chi connectivity index (χ1n) is 19.7. The van der Waals surface area contributed by atoms with Crippen LogP contribution in [0.2, 0.25) is 0 Å². The third-order valence-corrected chi connectivity index (χ3v) is 12.2. The number of halogens is 2. The smallest absolute Gasteiger partial charge is 0.481 e. The number of nitrogens with zero attached hydrogens (tertiary/aromatic N) is 4. The number of benzene rings is 2. The summed E-state index contributed by atoms with van der Waals surface area (Å²) < 4.78 is 30.2. The number of hydrogen-bond donors (Lipinski definition) is 2. The second kappa shape index (κ2) is 19.1. The normalized spacial score (nSPS) is 23.4. The molecule has 305 valence electrons. The third kappa shape index (κ3) is 9.83. The van der Waals surface area contributed by atoms with Gasteiger partial charge in [0.1, 0.15) is 11.6 Å². The molecule has 2 aromatic carbocycles. The maximum absolute atomic E-state index is 13.3. The Kier molecular flexibility index (Phi) is 16.0. The first kappa shape index (κ1) is 48.7. The molecule has 0 amide bonds. The molecule has 3 radical (unpaired) electrons. The summed E-state index contributed by atoms with van der Waals surface area (Å²) in [6.07, 6.45) is 15.2. The summed E-state index contributed by atoms with van der Waals surface area (Å²) in [6, 6.07) is 12.7. The number of carbonyl (C=O) groups is 1. The summed E-state index contributed by atoms with van der Waals surface area (Å²) in [7, 11) is 0. The van der Waals surface area contributed by atoms with Gasteiger partial charge in [-0.25, -0.2) is 18.1 Å². The van der Waals surface area contributed by atoms with E-state index in [9.17, 15) is 23.8 Å². The van der Waals surface area contributed by atoms with Gasteiger partial charge in [-0.2, -0.15) is 31.0 Å². The van der Waals surface area contributed by atoms with Gasteiger partial charge in [-0.15, -0.1) is 0 Å². The topological polar surface area (TPSA) is 93.2 Å². The molecular formula is C47H61BF2LiN4O3. The van der Waals surface area contributed by atoms with Gasteiger partial charge in [0.05, 0.1) is 47.2 Å². The number of hydrogen-bond acceptors (Lipinski definition) is 4. The molecule has 2 saturated carbocycles. The number of carboxylic acid groups (broad SMARTS) is 1. The number of aliphatic hydroxyl groups is 1. The van der Waals surface area contributed by atoms with Crippen molar-refractivity contribution in [2.75, 3.05) is 0 Å². The van der Waals surface area contributed by atoms with Gasteiger partial charge in [0, 0.05) is 13.8 Å². The van der Waals surface area contributed by atoms with E-state index in [1.807, 2.05) is 21.8 Å². The van der Waals surface area contributed by atoms with Crippen LogP contribution in [0, 0.1) is 45.6 Å². The van der Waals surface area contributed by atoms with E-state index in [-0.39, 0.29) is 80.5 Å². The first-order chi connectivity index (χ1) is 25.9. The quantitative estimate of drug-likeness (QED) is 0.162. The number of rotatable bonds is 4. The second-order valence-corrected chi connectivity index (χ2v) is 18.0. The van der Waals surface area contributed by atoms with Gasteiger partial charge >= 0.3 is 24.8 Å². The second-order valence-electron chi connectivity index (χ2n) is 18.0. The Labute approximate surface area is 359 Å². The minimum Gasteiger partial charge on any atom is -0.481 e. The predicted molar refractivity (Wildman–Crippen MR) is 227 cm³/mol. The predicted octanol–water partition coefficient (Wildman–Crippen LogP) is 7.89. The number of allylic oxidation sites excluding steroid dienone is 2. The van der Waals surface area contributed by atoms with Gasteiger partial charge < -0.3 is 16.1 Å². The van der Waals surface area contributed by atoms with Crippen LogP contribution in [0.1, 0.15) is 124 Å². The van der Waals surface area contributed by atoms with Crippen molar-refractivity contribution in [1.82, 2.24) is 19.6 Å². The van der Waals surface area contributed by atoms with Crippen LogP contribution in [-0.4, -0.2) is 50.3 Å². The van der Waals surface area contributed by atoms with Crippen molar-refractivity contribution in [3.63, 3.8) is 0 Å². The maximum Gasteiger partial charge on any atom is 1.00 e. The molecule has 2 heterocycles. The van der Waals surface area contributed by atoms with Gasteiger partial charge in [0.25, 0.3) is 0 Å². The molecule has 11 heteroatoms. The van der Waals surface area contributed by atoms with E-state index in [4.69, 9.17) is 0 Å². The average molecular weight is 786 g/mol. The largest absolute Gasteiger partial charge is 1.00 e. The van der Waals surface area contributed by atoms with Gasteiger partial charge in [-0.05, 0) is 140 Å². The molecule has 5 atom stereocenters. The van der Waals surface area contributed by atoms with Crippen LogP contribution in [-0.2, 0) is 17.6 Å². The molecule has 4 aromatic rings. The molecule has 58 heavy (non-hydrogen) atoms. The van der Waals surface area contributed by atoms with Crippen LogP contribution >= 0.6 is 0 Å². The Morgan fingerprint density at radius 2 is 1.19 bits per heavy atom. The third-order valence-electron chi connectivity index (χ3n) is 12.2.